The molecule has 0 fully saturated rings. The first-order valence-electron chi connectivity index (χ1n) is 5.56. The Kier molecular flexibility index (Phi) is 4.80. The molecule has 0 atom stereocenters. The van der Waals surface area contributed by atoms with E-state index in [4.69, 9.17) is 14.7 Å². The fraction of sp³-hybridized carbons (Fsp3) is 0.455. The third-order valence-corrected chi connectivity index (χ3v) is 3.87. The number of benzene rings is 1. The van der Waals surface area contributed by atoms with Crippen molar-refractivity contribution in [2.45, 2.75) is 13.8 Å². The van der Waals surface area contributed by atoms with E-state index in [2.05, 4.69) is 0 Å². The molecule has 1 aromatic rings. The van der Waals surface area contributed by atoms with Gasteiger partial charge < -0.3 is 10.5 Å². The summed E-state index contributed by atoms with van der Waals surface area (Å²) in [6, 6.07) is 4.78. The SMILES string of the molecule is CCOS(=O)(=O)N(CC)c1ccc(OC)c(N)c1. The summed E-state index contributed by atoms with van der Waals surface area (Å²) in [6.07, 6.45) is 0. The minimum Gasteiger partial charge on any atom is -0.495 e. The van der Waals surface area contributed by atoms with Gasteiger partial charge in [0.1, 0.15) is 5.75 Å². The Bertz CT molecular complexity index is 502. The van der Waals surface area contributed by atoms with Crippen LogP contribution in [0.5, 0.6) is 5.75 Å². The highest BCUT2D eigenvalue weighted by molar-refractivity contribution is 7.88. The molecule has 0 aliphatic carbocycles. The predicted octanol–water partition coefficient (Wildman–Crippen LogP) is 1.39. The minimum absolute atomic E-state index is 0.0878. The van der Waals surface area contributed by atoms with Crippen LogP contribution in [-0.2, 0) is 14.5 Å². The van der Waals surface area contributed by atoms with Crippen molar-refractivity contribution in [2.75, 3.05) is 30.3 Å². The monoisotopic (exact) mass is 274 g/mol. The topological polar surface area (TPSA) is 81.9 Å². The molecule has 0 aliphatic heterocycles. The highest BCUT2D eigenvalue weighted by atomic mass is 32.2. The van der Waals surface area contributed by atoms with Crippen molar-refractivity contribution in [1.82, 2.24) is 0 Å². The first-order valence-corrected chi connectivity index (χ1v) is 6.93. The number of nitrogen functional groups attached to an aromatic ring is 1. The summed E-state index contributed by atoms with van der Waals surface area (Å²) in [7, 11) is -2.28. The van der Waals surface area contributed by atoms with E-state index in [1.54, 1.807) is 32.0 Å². The van der Waals surface area contributed by atoms with Gasteiger partial charge in [-0.1, -0.05) is 0 Å². The van der Waals surface area contributed by atoms with Crippen LogP contribution in [0.1, 0.15) is 13.8 Å². The molecule has 1 rings (SSSR count). The van der Waals surface area contributed by atoms with E-state index < -0.39 is 10.3 Å². The molecule has 18 heavy (non-hydrogen) atoms. The van der Waals surface area contributed by atoms with Crippen LogP contribution in [-0.4, -0.2) is 28.7 Å². The summed E-state index contributed by atoms with van der Waals surface area (Å²) in [5.74, 6) is 0.503. The van der Waals surface area contributed by atoms with Gasteiger partial charge in [0.25, 0.3) is 0 Å². The number of nitrogens with zero attached hydrogens (tertiary/aromatic N) is 1. The molecule has 1 aromatic carbocycles. The molecule has 0 aromatic heterocycles. The normalized spacial score (nSPS) is 11.3. The van der Waals surface area contributed by atoms with E-state index in [-0.39, 0.29) is 13.2 Å². The lowest BCUT2D eigenvalue weighted by Crippen LogP contribution is -2.32. The van der Waals surface area contributed by atoms with Crippen LogP contribution in [0.15, 0.2) is 18.2 Å². The van der Waals surface area contributed by atoms with Crippen LogP contribution in [0.3, 0.4) is 0 Å². The second-order valence-corrected chi connectivity index (χ2v) is 4.99. The molecule has 0 heterocycles. The van der Waals surface area contributed by atoms with Gasteiger partial charge in [0.15, 0.2) is 0 Å². The van der Waals surface area contributed by atoms with Crippen LogP contribution in [0.25, 0.3) is 0 Å². The van der Waals surface area contributed by atoms with Gasteiger partial charge in [0.2, 0.25) is 0 Å². The maximum atomic E-state index is 11.9. The Balaban J connectivity index is 3.14. The summed E-state index contributed by atoms with van der Waals surface area (Å²) >= 11 is 0. The molecule has 2 N–H and O–H groups in total. The Hall–Kier alpha value is -1.47. The molecule has 0 spiro atoms. The minimum atomic E-state index is -3.77. The number of ether oxygens (including phenoxy) is 1. The molecule has 0 aliphatic rings. The zero-order valence-electron chi connectivity index (χ0n) is 10.7. The zero-order valence-corrected chi connectivity index (χ0v) is 11.5. The number of hydrogen-bond donors (Lipinski definition) is 1. The van der Waals surface area contributed by atoms with Crippen molar-refractivity contribution < 1.29 is 17.3 Å². The van der Waals surface area contributed by atoms with Gasteiger partial charge in [-0.15, -0.1) is 0 Å². The molecule has 0 saturated carbocycles. The van der Waals surface area contributed by atoms with Crippen molar-refractivity contribution in [2.24, 2.45) is 0 Å². The molecule has 0 saturated heterocycles. The molecular formula is C11H18N2O4S. The average molecular weight is 274 g/mol. The number of anilines is 2. The number of methoxy groups -OCH3 is 1. The fourth-order valence-corrected chi connectivity index (χ4v) is 2.67. The van der Waals surface area contributed by atoms with Gasteiger partial charge in [-0.2, -0.15) is 8.42 Å². The van der Waals surface area contributed by atoms with E-state index >= 15 is 0 Å². The van der Waals surface area contributed by atoms with Crippen LogP contribution >= 0.6 is 0 Å². The number of rotatable bonds is 6. The Morgan fingerprint density at radius 2 is 2.00 bits per heavy atom. The first kappa shape index (κ1) is 14.6. The molecule has 6 nitrogen and oxygen atoms in total. The van der Waals surface area contributed by atoms with Crippen LogP contribution < -0.4 is 14.8 Å². The Morgan fingerprint density at radius 1 is 1.33 bits per heavy atom. The second-order valence-electron chi connectivity index (χ2n) is 3.46. The molecule has 7 heteroatoms. The Morgan fingerprint density at radius 3 is 2.44 bits per heavy atom. The maximum Gasteiger partial charge on any atom is 0.362 e. The van der Waals surface area contributed by atoms with Gasteiger partial charge in [-0.3, -0.25) is 4.18 Å². The van der Waals surface area contributed by atoms with E-state index in [1.807, 2.05) is 0 Å². The molecule has 0 radical (unpaired) electrons. The smallest absolute Gasteiger partial charge is 0.362 e. The van der Waals surface area contributed by atoms with E-state index in [0.29, 0.717) is 17.1 Å². The van der Waals surface area contributed by atoms with Crippen molar-refractivity contribution in [3.63, 3.8) is 0 Å². The van der Waals surface area contributed by atoms with Crippen molar-refractivity contribution in [3.8, 4) is 5.75 Å². The summed E-state index contributed by atoms with van der Waals surface area (Å²) < 4.78 is 34.6. The molecular weight excluding hydrogens is 256 g/mol. The summed E-state index contributed by atoms with van der Waals surface area (Å²) in [5, 5.41) is 0. The van der Waals surface area contributed by atoms with Crippen molar-refractivity contribution >= 4 is 21.7 Å². The summed E-state index contributed by atoms with van der Waals surface area (Å²) in [4.78, 5) is 0. The first-order chi connectivity index (χ1) is 8.46. The lowest BCUT2D eigenvalue weighted by molar-refractivity contribution is 0.336. The summed E-state index contributed by atoms with van der Waals surface area (Å²) in [6.45, 7) is 3.68. The molecule has 0 bridgehead atoms. The quantitative estimate of drug-likeness (QED) is 0.793. The highest BCUT2D eigenvalue weighted by Gasteiger charge is 2.21. The summed E-state index contributed by atoms with van der Waals surface area (Å²) in [5.41, 5.74) is 6.58. The molecule has 0 amide bonds. The average Bonchev–Trinajstić information content (AvgIpc) is 2.29. The van der Waals surface area contributed by atoms with E-state index in [0.717, 1.165) is 4.31 Å². The van der Waals surface area contributed by atoms with E-state index in [9.17, 15) is 8.42 Å². The zero-order chi connectivity index (χ0) is 13.8. The van der Waals surface area contributed by atoms with Crippen LogP contribution in [0.4, 0.5) is 11.4 Å². The van der Waals surface area contributed by atoms with E-state index in [1.165, 1.54) is 7.11 Å². The lowest BCUT2D eigenvalue weighted by atomic mass is 10.2. The molecule has 0 unspecified atom stereocenters. The third kappa shape index (κ3) is 3.05. The van der Waals surface area contributed by atoms with Gasteiger partial charge >= 0.3 is 10.3 Å². The van der Waals surface area contributed by atoms with Crippen molar-refractivity contribution in [3.05, 3.63) is 18.2 Å². The standard InChI is InChI=1S/C11H18N2O4S/c1-4-13(18(14,15)17-5-2)9-6-7-11(16-3)10(12)8-9/h6-8H,4-5,12H2,1-3H3. The van der Waals surface area contributed by atoms with Gasteiger partial charge in [0, 0.05) is 6.54 Å². The number of nitrogens with two attached hydrogens (primary N) is 1. The number of hydrogen-bond acceptors (Lipinski definition) is 5. The van der Waals surface area contributed by atoms with Crippen molar-refractivity contribution in [1.29, 1.82) is 0 Å². The van der Waals surface area contributed by atoms with Crippen LogP contribution in [0, 0.1) is 0 Å². The highest BCUT2D eigenvalue weighted by Crippen LogP contribution is 2.28. The third-order valence-electron chi connectivity index (χ3n) is 2.33. The van der Waals surface area contributed by atoms with Gasteiger partial charge in [-0.25, -0.2) is 4.31 Å². The van der Waals surface area contributed by atoms with Crippen LogP contribution in [0.2, 0.25) is 0 Å². The second kappa shape index (κ2) is 5.92. The maximum absolute atomic E-state index is 11.9. The lowest BCUT2D eigenvalue weighted by Gasteiger charge is -2.22. The van der Waals surface area contributed by atoms with Gasteiger partial charge in [-0.05, 0) is 32.0 Å². The largest absolute Gasteiger partial charge is 0.495 e. The van der Waals surface area contributed by atoms with Gasteiger partial charge in [0.05, 0.1) is 25.1 Å². The Labute approximate surface area is 108 Å². The fourth-order valence-electron chi connectivity index (χ4n) is 1.56. The molecule has 102 valence electrons. The predicted molar refractivity (Wildman–Crippen MR) is 71.0 cm³/mol.